The zero-order chi connectivity index (χ0) is 21.2. The molecule has 30 heavy (non-hydrogen) atoms. The second-order valence-corrected chi connectivity index (χ2v) is 9.71. The number of para-hydroxylation sites is 1. The minimum Gasteiger partial charge on any atom is -0.381 e. The molecule has 0 aromatic heterocycles. The van der Waals surface area contributed by atoms with E-state index in [-0.39, 0.29) is 4.75 Å². The molecule has 1 aromatic carbocycles. The summed E-state index contributed by atoms with van der Waals surface area (Å²) in [4.78, 5) is 7.33. The molecule has 7 heteroatoms. The first-order chi connectivity index (χ1) is 14.7. The van der Waals surface area contributed by atoms with Gasteiger partial charge in [0.05, 0.1) is 17.8 Å². The molecule has 0 saturated carbocycles. The van der Waals surface area contributed by atoms with Gasteiger partial charge in [0.15, 0.2) is 5.96 Å². The lowest BCUT2D eigenvalue weighted by Gasteiger charge is -2.37. The van der Waals surface area contributed by atoms with Gasteiger partial charge in [0.1, 0.15) is 6.07 Å². The SMILES string of the molecule is CCNC(=NCC1(SCC)CCOCC1)NC1CCCN(c2ccccc2C#N)C1. The maximum absolute atomic E-state index is 9.46. The Bertz CT molecular complexity index is 736. The average molecular weight is 430 g/mol. The number of piperidine rings is 1. The lowest BCUT2D eigenvalue weighted by Crippen LogP contribution is -2.51. The summed E-state index contributed by atoms with van der Waals surface area (Å²) < 4.78 is 5.79. The minimum atomic E-state index is 0.194. The first-order valence-corrected chi connectivity index (χ1v) is 12.2. The fourth-order valence-corrected chi connectivity index (χ4v) is 5.52. The maximum atomic E-state index is 9.46. The third kappa shape index (κ3) is 6.05. The standard InChI is InChI=1S/C23H35N5OS/c1-3-25-22(26-18-23(30-4-2)11-14-29-15-12-23)27-20-9-7-13-28(17-20)21-10-6-5-8-19(21)16-24/h5-6,8,10,20H,3-4,7,9,11-15,17-18H2,1-2H3,(H2,25,26,27). The van der Waals surface area contributed by atoms with Gasteiger partial charge in [-0.25, -0.2) is 0 Å². The molecular weight excluding hydrogens is 394 g/mol. The number of benzene rings is 1. The Morgan fingerprint density at radius 1 is 1.33 bits per heavy atom. The van der Waals surface area contributed by atoms with Crippen molar-refractivity contribution in [2.75, 3.05) is 50.0 Å². The molecule has 0 radical (unpaired) electrons. The predicted molar refractivity (Wildman–Crippen MR) is 126 cm³/mol. The van der Waals surface area contributed by atoms with E-state index in [1.165, 1.54) is 0 Å². The Morgan fingerprint density at radius 3 is 2.87 bits per heavy atom. The zero-order valence-electron chi connectivity index (χ0n) is 18.3. The molecule has 0 aliphatic carbocycles. The van der Waals surface area contributed by atoms with Crippen molar-refractivity contribution in [2.45, 2.75) is 50.3 Å². The van der Waals surface area contributed by atoms with Crippen molar-refractivity contribution in [1.82, 2.24) is 10.6 Å². The number of thioether (sulfide) groups is 1. The van der Waals surface area contributed by atoms with Crippen molar-refractivity contribution in [3.8, 4) is 6.07 Å². The van der Waals surface area contributed by atoms with Crippen LogP contribution in [0, 0.1) is 11.3 Å². The van der Waals surface area contributed by atoms with E-state index in [2.05, 4.69) is 41.5 Å². The number of anilines is 1. The molecular formula is C23H35N5OS. The summed E-state index contributed by atoms with van der Waals surface area (Å²) in [5.41, 5.74) is 1.78. The molecule has 2 aliphatic heterocycles. The Morgan fingerprint density at radius 2 is 2.13 bits per heavy atom. The minimum absolute atomic E-state index is 0.194. The van der Waals surface area contributed by atoms with Crippen LogP contribution < -0.4 is 15.5 Å². The molecule has 2 saturated heterocycles. The Labute approximate surface area is 185 Å². The molecule has 2 aliphatic rings. The van der Waals surface area contributed by atoms with Crippen LogP contribution in [0.1, 0.15) is 45.1 Å². The number of hydrogen-bond acceptors (Lipinski definition) is 5. The summed E-state index contributed by atoms with van der Waals surface area (Å²) >= 11 is 2.03. The maximum Gasteiger partial charge on any atom is 0.191 e. The number of hydrogen-bond donors (Lipinski definition) is 2. The van der Waals surface area contributed by atoms with Crippen molar-refractivity contribution in [2.24, 2.45) is 4.99 Å². The molecule has 6 nitrogen and oxygen atoms in total. The van der Waals surface area contributed by atoms with E-state index in [1.54, 1.807) is 0 Å². The molecule has 2 N–H and O–H groups in total. The molecule has 2 fully saturated rings. The molecule has 164 valence electrons. The smallest absolute Gasteiger partial charge is 0.191 e. The van der Waals surface area contributed by atoms with Gasteiger partial charge in [-0.3, -0.25) is 4.99 Å². The number of rotatable bonds is 7. The van der Waals surface area contributed by atoms with Crippen LogP contribution in [0.4, 0.5) is 5.69 Å². The highest BCUT2D eigenvalue weighted by molar-refractivity contribution is 8.00. The van der Waals surface area contributed by atoms with Crippen LogP contribution in [-0.4, -0.2) is 61.9 Å². The summed E-state index contributed by atoms with van der Waals surface area (Å²) in [7, 11) is 0. The van der Waals surface area contributed by atoms with Gasteiger partial charge in [-0.1, -0.05) is 19.1 Å². The van der Waals surface area contributed by atoms with E-state index in [0.717, 1.165) is 88.0 Å². The van der Waals surface area contributed by atoms with Gasteiger partial charge in [-0.15, -0.1) is 0 Å². The second kappa shape index (κ2) is 11.5. The Kier molecular flexibility index (Phi) is 8.71. The molecule has 3 rings (SSSR count). The zero-order valence-corrected chi connectivity index (χ0v) is 19.1. The normalized spacial score (nSPS) is 21.7. The van der Waals surface area contributed by atoms with Crippen LogP contribution in [0.5, 0.6) is 0 Å². The van der Waals surface area contributed by atoms with E-state index in [4.69, 9.17) is 9.73 Å². The Balaban J connectivity index is 1.66. The lowest BCUT2D eigenvalue weighted by molar-refractivity contribution is 0.0793. The van der Waals surface area contributed by atoms with Crippen molar-refractivity contribution >= 4 is 23.4 Å². The van der Waals surface area contributed by atoms with Gasteiger partial charge in [-0.05, 0) is 50.5 Å². The van der Waals surface area contributed by atoms with Crippen molar-refractivity contribution in [3.63, 3.8) is 0 Å². The van der Waals surface area contributed by atoms with Crippen LogP contribution in [0.15, 0.2) is 29.3 Å². The van der Waals surface area contributed by atoms with E-state index in [1.807, 2.05) is 30.0 Å². The number of nitrogens with zero attached hydrogens (tertiary/aromatic N) is 3. The summed E-state index contributed by atoms with van der Waals surface area (Å²) in [6.07, 6.45) is 4.34. The van der Waals surface area contributed by atoms with Crippen LogP contribution in [0.2, 0.25) is 0 Å². The molecule has 1 aromatic rings. The summed E-state index contributed by atoms with van der Waals surface area (Å²) in [6.45, 7) is 9.54. The monoisotopic (exact) mass is 429 g/mol. The lowest BCUT2D eigenvalue weighted by atomic mass is 9.99. The second-order valence-electron chi connectivity index (χ2n) is 7.98. The van der Waals surface area contributed by atoms with Gasteiger partial charge < -0.3 is 20.3 Å². The molecule has 1 atom stereocenters. The van der Waals surface area contributed by atoms with Crippen LogP contribution in [0.25, 0.3) is 0 Å². The third-order valence-corrected chi connectivity index (χ3v) is 7.29. The van der Waals surface area contributed by atoms with Crippen molar-refractivity contribution in [1.29, 1.82) is 5.26 Å². The van der Waals surface area contributed by atoms with Gasteiger partial charge in [0.2, 0.25) is 0 Å². The number of guanidine groups is 1. The highest BCUT2D eigenvalue weighted by atomic mass is 32.2. The van der Waals surface area contributed by atoms with E-state index in [9.17, 15) is 5.26 Å². The topological polar surface area (TPSA) is 72.7 Å². The van der Waals surface area contributed by atoms with Crippen LogP contribution in [0.3, 0.4) is 0 Å². The van der Waals surface area contributed by atoms with Gasteiger partial charge in [-0.2, -0.15) is 17.0 Å². The molecule has 0 bridgehead atoms. The van der Waals surface area contributed by atoms with E-state index in [0.29, 0.717) is 6.04 Å². The predicted octanol–water partition coefficient (Wildman–Crippen LogP) is 3.38. The van der Waals surface area contributed by atoms with Gasteiger partial charge >= 0.3 is 0 Å². The highest BCUT2D eigenvalue weighted by Crippen LogP contribution is 2.35. The molecule has 1 unspecified atom stereocenters. The first-order valence-electron chi connectivity index (χ1n) is 11.2. The van der Waals surface area contributed by atoms with E-state index < -0.39 is 0 Å². The average Bonchev–Trinajstić information content (AvgIpc) is 2.79. The number of aliphatic imine (C=N–C) groups is 1. The quantitative estimate of drug-likeness (QED) is 0.511. The highest BCUT2D eigenvalue weighted by Gasteiger charge is 2.32. The van der Waals surface area contributed by atoms with Crippen LogP contribution in [-0.2, 0) is 4.74 Å². The fourth-order valence-electron chi connectivity index (χ4n) is 4.29. The third-order valence-electron chi connectivity index (χ3n) is 5.85. The van der Waals surface area contributed by atoms with Crippen LogP contribution >= 0.6 is 11.8 Å². The van der Waals surface area contributed by atoms with E-state index >= 15 is 0 Å². The molecule has 0 amide bonds. The summed E-state index contributed by atoms with van der Waals surface area (Å²) in [5, 5.41) is 16.6. The largest absolute Gasteiger partial charge is 0.381 e. The Hall–Kier alpha value is -1.91. The molecule has 2 heterocycles. The molecule has 0 spiro atoms. The summed E-state index contributed by atoms with van der Waals surface area (Å²) in [6, 6.07) is 10.5. The first kappa shape index (κ1) is 22.8. The van der Waals surface area contributed by atoms with Crippen molar-refractivity contribution in [3.05, 3.63) is 29.8 Å². The number of nitrogens with one attached hydrogen (secondary N) is 2. The van der Waals surface area contributed by atoms with Gasteiger partial charge in [0.25, 0.3) is 0 Å². The fraction of sp³-hybridized carbons (Fsp3) is 0.652. The van der Waals surface area contributed by atoms with Gasteiger partial charge in [0, 0.05) is 43.6 Å². The number of ether oxygens (including phenoxy) is 1. The number of nitriles is 1. The van der Waals surface area contributed by atoms with Crippen molar-refractivity contribution < 1.29 is 4.74 Å². The summed E-state index contributed by atoms with van der Waals surface area (Å²) in [5.74, 6) is 2.01.